The van der Waals surface area contributed by atoms with Crippen LogP contribution < -0.4 is 5.32 Å². The molecule has 0 aromatic carbocycles. The Morgan fingerprint density at radius 3 is 3.00 bits per heavy atom. The number of rotatable bonds is 1. The Bertz CT molecular complexity index is 302. The average molecular weight is 235 g/mol. The first-order valence-corrected chi connectivity index (χ1v) is 8.06. The maximum absolute atomic E-state index is 11.4. The first-order valence-electron chi connectivity index (χ1n) is 5.19. The lowest BCUT2D eigenvalue weighted by atomic mass is 10.1. The summed E-state index contributed by atoms with van der Waals surface area (Å²) in [6, 6.07) is 1.02. The third kappa shape index (κ3) is 2.25. The fourth-order valence-electron chi connectivity index (χ4n) is 2.12. The molecule has 3 nitrogen and oxygen atoms in total. The van der Waals surface area contributed by atoms with Gasteiger partial charge in [0.1, 0.15) is 0 Å². The SMILES string of the molecule is CCC1CSC2CS(=O)(=O)CCC2N1. The number of nitrogens with one attached hydrogen (secondary N) is 1. The smallest absolute Gasteiger partial charge is 0.151 e. The highest BCUT2D eigenvalue weighted by atomic mass is 32.2. The molecule has 0 aliphatic carbocycles. The Morgan fingerprint density at radius 2 is 2.29 bits per heavy atom. The maximum Gasteiger partial charge on any atom is 0.151 e. The molecule has 2 heterocycles. The summed E-state index contributed by atoms with van der Waals surface area (Å²) in [7, 11) is -2.74. The molecular weight excluding hydrogens is 218 g/mol. The molecule has 0 spiro atoms. The van der Waals surface area contributed by atoms with Gasteiger partial charge in [-0.25, -0.2) is 8.42 Å². The van der Waals surface area contributed by atoms with Crippen LogP contribution in [0.15, 0.2) is 0 Å². The van der Waals surface area contributed by atoms with E-state index >= 15 is 0 Å². The summed E-state index contributed by atoms with van der Waals surface area (Å²) in [6.07, 6.45) is 1.94. The van der Waals surface area contributed by atoms with E-state index in [9.17, 15) is 8.42 Å². The third-order valence-corrected chi connectivity index (χ3v) is 6.51. The summed E-state index contributed by atoms with van der Waals surface area (Å²) in [4.78, 5) is 0. The monoisotopic (exact) mass is 235 g/mol. The fourth-order valence-corrected chi connectivity index (χ4v) is 5.90. The van der Waals surface area contributed by atoms with Crippen molar-refractivity contribution in [3.8, 4) is 0 Å². The topological polar surface area (TPSA) is 46.2 Å². The van der Waals surface area contributed by atoms with Crippen LogP contribution in [0.1, 0.15) is 19.8 Å². The van der Waals surface area contributed by atoms with E-state index in [0.717, 1.165) is 18.6 Å². The summed E-state index contributed by atoms with van der Waals surface area (Å²) in [5, 5.41) is 3.86. The summed E-state index contributed by atoms with van der Waals surface area (Å²) >= 11 is 1.84. The van der Waals surface area contributed by atoms with Crippen molar-refractivity contribution in [2.45, 2.75) is 37.1 Å². The molecule has 0 bridgehead atoms. The lowest BCUT2D eigenvalue weighted by Crippen LogP contribution is -2.55. The molecule has 2 aliphatic heterocycles. The molecule has 2 rings (SSSR count). The van der Waals surface area contributed by atoms with E-state index < -0.39 is 9.84 Å². The van der Waals surface area contributed by atoms with Crippen LogP contribution in [0.25, 0.3) is 0 Å². The lowest BCUT2D eigenvalue weighted by molar-refractivity contribution is 0.403. The second kappa shape index (κ2) is 4.02. The minimum atomic E-state index is -2.74. The predicted octanol–water partition coefficient (Wildman–Crippen LogP) is 0.657. The van der Waals surface area contributed by atoms with E-state index in [2.05, 4.69) is 12.2 Å². The molecule has 82 valence electrons. The van der Waals surface area contributed by atoms with Gasteiger partial charge in [0.15, 0.2) is 9.84 Å². The summed E-state index contributed by atoms with van der Waals surface area (Å²) in [5.74, 6) is 1.82. The van der Waals surface area contributed by atoms with Gasteiger partial charge in [0.05, 0.1) is 11.5 Å². The molecule has 0 aromatic rings. The summed E-state index contributed by atoms with van der Waals surface area (Å²) in [5.41, 5.74) is 0. The molecule has 2 aliphatic rings. The molecule has 2 fully saturated rings. The number of fused-ring (bicyclic) bond motifs is 1. The number of hydrogen-bond acceptors (Lipinski definition) is 4. The van der Waals surface area contributed by atoms with Crippen LogP contribution in [0.3, 0.4) is 0 Å². The van der Waals surface area contributed by atoms with Crippen LogP contribution in [0, 0.1) is 0 Å². The maximum atomic E-state index is 11.4. The van der Waals surface area contributed by atoms with E-state index in [0.29, 0.717) is 28.8 Å². The molecule has 0 saturated carbocycles. The molecule has 14 heavy (non-hydrogen) atoms. The van der Waals surface area contributed by atoms with E-state index in [1.165, 1.54) is 0 Å². The van der Waals surface area contributed by atoms with Crippen LogP contribution in [0.5, 0.6) is 0 Å². The van der Waals surface area contributed by atoms with Crippen LogP contribution in [0.4, 0.5) is 0 Å². The minimum Gasteiger partial charge on any atom is -0.309 e. The zero-order valence-corrected chi connectivity index (χ0v) is 10.0. The first kappa shape index (κ1) is 10.8. The van der Waals surface area contributed by atoms with Crippen LogP contribution in [-0.4, -0.2) is 43.0 Å². The van der Waals surface area contributed by atoms with Gasteiger partial charge < -0.3 is 5.32 Å². The van der Waals surface area contributed by atoms with Gasteiger partial charge in [0, 0.05) is 23.1 Å². The molecule has 2 saturated heterocycles. The zero-order chi connectivity index (χ0) is 10.2. The van der Waals surface area contributed by atoms with Gasteiger partial charge in [-0.15, -0.1) is 0 Å². The second-order valence-electron chi connectivity index (χ2n) is 4.15. The Hall–Kier alpha value is 0.260. The van der Waals surface area contributed by atoms with Crippen molar-refractivity contribution in [2.24, 2.45) is 0 Å². The molecule has 0 radical (unpaired) electrons. The van der Waals surface area contributed by atoms with E-state index in [4.69, 9.17) is 0 Å². The molecule has 5 heteroatoms. The molecule has 0 aromatic heterocycles. The average Bonchev–Trinajstić information content (AvgIpc) is 2.16. The van der Waals surface area contributed by atoms with Gasteiger partial charge in [0.25, 0.3) is 0 Å². The van der Waals surface area contributed by atoms with Crippen molar-refractivity contribution in [3.63, 3.8) is 0 Å². The van der Waals surface area contributed by atoms with Crippen molar-refractivity contribution in [1.82, 2.24) is 5.32 Å². The Balaban J connectivity index is 2.01. The Kier molecular flexibility index (Phi) is 3.09. The summed E-state index contributed by atoms with van der Waals surface area (Å²) < 4.78 is 22.8. The lowest BCUT2D eigenvalue weighted by Gasteiger charge is -2.39. The van der Waals surface area contributed by atoms with Crippen LogP contribution in [-0.2, 0) is 9.84 Å². The molecule has 3 unspecified atom stereocenters. The van der Waals surface area contributed by atoms with Crippen molar-refractivity contribution in [2.75, 3.05) is 17.3 Å². The number of sulfone groups is 1. The quantitative estimate of drug-likeness (QED) is 0.725. The number of thioether (sulfide) groups is 1. The van der Waals surface area contributed by atoms with Gasteiger partial charge in [-0.2, -0.15) is 11.8 Å². The van der Waals surface area contributed by atoms with Gasteiger partial charge in [-0.3, -0.25) is 0 Å². The van der Waals surface area contributed by atoms with E-state index in [1.807, 2.05) is 11.8 Å². The van der Waals surface area contributed by atoms with Crippen LogP contribution in [0.2, 0.25) is 0 Å². The Morgan fingerprint density at radius 1 is 1.50 bits per heavy atom. The van der Waals surface area contributed by atoms with Gasteiger partial charge in [-0.1, -0.05) is 6.92 Å². The highest BCUT2D eigenvalue weighted by Crippen LogP contribution is 2.29. The van der Waals surface area contributed by atoms with E-state index in [1.54, 1.807) is 0 Å². The van der Waals surface area contributed by atoms with Crippen molar-refractivity contribution >= 4 is 21.6 Å². The molecular formula is C9H17NO2S2. The standard InChI is InChI=1S/C9H17NO2S2/c1-2-7-5-13-9-6-14(11,12)4-3-8(9)10-7/h7-10H,2-6H2,1H3. The second-order valence-corrected chi connectivity index (χ2v) is 7.65. The Labute approximate surface area is 89.9 Å². The molecule has 0 amide bonds. The van der Waals surface area contributed by atoms with Gasteiger partial charge in [0.2, 0.25) is 0 Å². The van der Waals surface area contributed by atoms with Gasteiger partial charge in [-0.05, 0) is 12.8 Å². The zero-order valence-electron chi connectivity index (χ0n) is 8.40. The predicted molar refractivity (Wildman–Crippen MR) is 60.5 cm³/mol. The highest BCUT2D eigenvalue weighted by Gasteiger charge is 2.37. The molecule has 3 atom stereocenters. The summed E-state index contributed by atoms with van der Waals surface area (Å²) in [6.45, 7) is 2.18. The van der Waals surface area contributed by atoms with Crippen molar-refractivity contribution in [1.29, 1.82) is 0 Å². The minimum absolute atomic E-state index is 0.302. The van der Waals surface area contributed by atoms with Crippen molar-refractivity contribution < 1.29 is 8.42 Å². The van der Waals surface area contributed by atoms with Crippen LogP contribution >= 0.6 is 11.8 Å². The first-order chi connectivity index (χ1) is 6.61. The fraction of sp³-hybridized carbons (Fsp3) is 1.00. The normalized spacial score (nSPS) is 41.6. The number of hydrogen-bond donors (Lipinski definition) is 1. The van der Waals surface area contributed by atoms with E-state index in [-0.39, 0.29) is 0 Å². The van der Waals surface area contributed by atoms with Gasteiger partial charge >= 0.3 is 0 Å². The highest BCUT2D eigenvalue weighted by molar-refractivity contribution is 8.01. The molecule has 1 N–H and O–H groups in total. The largest absolute Gasteiger partial charge is 0.309 e. The van der Waals surface area contributed by atoms with Crippen molar-refractivity contribution in [3.05, 3.63) is 0 Å². The third-order valence-electron chi connectivity index (χ3n) is 3.06.